The van der Waals surface area contributed by atoms with E-state index in [1.807, 2.05) is 24.3 Å². The molecule has 0 saturated heterocycles. The lowest BCUT2D eigenvalue weighted by Gasteiger charge is -2.27. The van der Waals surface area contributed by atoms with Crippen molar-refractivity contribution in [3.63, 3.8) is 0 Å². The summed E-state index contributed by atoms with van der Waals surface area (Å²) >= 11 is 2.23. The van der Waals surface area contributed by atoms with Gasteiger partial charge in [-0.2, -0.15) is 0 Å². The number of primary amides is 1. The Hall–Kier alpha value is -0.860. The average Bonchev–Trinajstić information content (AvgIpc) is 2.44. The van der Waals surface area contributed by atoms with Crippen molar-refractivity contribution in [2.45, 2.75) is 38.4 Å². The molecule has 5 nitrogen and oxygen atoms in total. The van der Waals surface area contributed by atoms with Gasteiger partial charge in [0, 0.05) is 10.7 Å². The van der Waals surface area contributed by atoms with Crippen LogP contribution in [0.2, 0.25) is 0 Å². The molecular weight excluding hydrogens is 385 g/mol. The molecule has 6 heteroatoms. The number of hydrogen-bond donors (Lipinski definition) is 1. The molecule has 2 N–H and O–H groups in total. The van der Waals surface area contributed by atoms with Gasteiger partial charge in [-0.15, -0.1) is 0 Å². The van der Waals surface area contributed by atoms with Crippen molar-refractivity contribution in [2.24, 2.45) is 5.73 Å². The van der Waals surface area contributed by atoms with E-state index >= 15 is 0 Å². The van der Waals surface area contributed by atoms with E-state index < -0.39 is 18.3 Å². The first kappa shape index (κ1) is 18.2. The third-order valence-corrected chi connectivity index (χ3v) is 3.66. The number of unbranched alkanes of at least 4 members (excludes halogenated alkanes) is 1. The first-order chi connectivity index (χ1) is 10.1. The number of carbonyl (C=O) groups is 1. The summed E-state index contributed by atoms with van der Waals surface area (Å²) in [6.45, 7) is 2.21. The van der Waals surface area contributed by atoms with Crippen molar-refractivity contribution in [3.8, 4) is 0 Å². The molecule has 0 bridgehead atoms. The second-order valence-electron chi connectivity index (χ2n) is 4.67. The second-order valence-corrected chi connectivity index (χ2v) is 5.91. The Morgan fingerprint density at radius 1 is 1.43 bits per heavy atom. The summed E-state index contributed by atoms with van der Waals surface area (Å²) in [5.41, 5.74) is 6.14. The van der Waals surface area contributed by atoms with Crippen LogP contribution in [0, 0.1) is 3.57 Å². The number of methoxy groups -OCH3 is 1. The smallest absolute Gasteiger partial charge is 0.404 e. The normalized spacial score (nSPS) is 13.7. The van der Waals surface area contributed by atoms with E-state index in [0.29, 0.717) is 6.42 Å². The Morgan fingerprint density at radius 3 is 2.76 bits per heavy atom. The lowest BCUT2D eigenvalue weighted by molar-refractivity contribution is -0.117. The minimum Gasteiger partial charge on any atom is -0.443 e. The molecule has 0 aromatic heterocycles. The topological polar surface area (TPSA) is 70.8 Å². The highest BCUT2D eigenvalue weighted by Crippen LogP contribution is 2.28. The Balaban J connectivity index is 2.96. The largest absolute Gasteiger partial charge is 0.443 e. The van der Waals surface area contributed by atoms with Gasteiger partial charge in [-0.05, 0) is 53.1 Å². The van der Waals surface area contributed by atoms with Gasteiger partial charge in [0.15, 0.2) is 0 Å². The van der Waals surface area contributed by atoms with Crippen LogP contribution in [0.1, 0.15) is 37.9 Å². The molecule has 21 heavy (non-hydrogen) atoms. The van der Waals surface area contributed by atoms with Crippen molar-refractivity contribution < 1.29 is 19.0 Å². The molecule has 0 fully saturated rings. The molecule has 1 amide bonds. The summed E-state index contributed by atoms with van der Waals surface area (Å²) < 4.78 is 17.1. The van der Waals surface area contributed by atoms with Crippen LogP contribution in [-0.2, 0) is 14.2 Å². The van der Waals surface area contributed by atoms with Gasteiger partial charge in [-0.1, -0.05) is 25.5 Å². The van der Waals surface area contributed by atoms with Crippen LogP contribution in [0.15, 0.2) is 24.3 Å². The van der Waals surface area contributed by atoms with Crippen molar-refractivity contribution >= 4 is 28.7 Å². The fourth-order valence-electron chi connectivity index (χ4n) is 2.07. The maximum atomic E-state index is 11.2. The number of ether oxygens (including phenoxy) is 3. The molecule has 0 spiro atoms. The van der Waals surface area contributed by atoms with Gasteiger partial charge in [-0.3, -0.25) is 0 Å². The third kappa shape index (κ3) is 6.62. The number of rotatable bonds is 9. The molecule has 0 saturated carbocycles. The fraction of sp³-hybridized carbons (Fsp3) is 0.533. The summed E-state index contributed by atoms with van der Waals surface area (Å²) in [6.07, 6.45) is 1.03. The first-order valence-electron chi connectivity index (χ1n) is 6.90. The number of hydrogen-bond acceptors (Lipinski definition) is 4. The van der Waals surface area contributed by atoms with Crippen LogP contribution in [-0.4, -0.2) is 26.1 Å². The molecule has 0 aliphatic heterocycles. The van der Waals surface area contributed by atoms with Gasteiger partial charge < -0.3 is 19.9 Å². The number of carbonyl (C=O) groups excluding carboxylic acids is 1. The number of halogens is 1. The Bertz CT molecular complexity index is 441. The minimum atomic E-state index is -0.784. The zero-order valence-corrected chi connectivity index (χ0v) is 14.5. The van der Waals surface area contributed by atoms with E-state index in [-0.39, 0.29) is 6.79 Å². The highest BCUT2D eigenvalue weighted by molar-refractivity contribution is 14.1. The van der Waals surface area contributed by atoms with Crippen molar-refractivity contribution in [1.82, 2.24) is 0 Å². The van der Waals surface area contributed by atoms with Gasteiger partial charge in [0.2, 0.25) is 0 Å². The van der Waals surface area contributed by atoms with Gasteiger partial charge in [0.25, 0.3) is 0 Å². The molecule has 0 heterocycles. The molecule has 1 aromatic rings. The summed E-state index contributed by atoms with van der Waals surface area (Å²) in [5, 5.41) is 0. The Morgan fingerprint density at radius 2 is 2.19 bits per heavy atom. The van der Waals surface area contributed by atoms with Crippen LogP contribution in [0.5, 0.6) is 0 Å². The Kier molecular flexibility index (Phi) is 8.63. The first-order valence-corrected chi connectivity index (χ1v) is 7.98. The predicted molar refractivity (Wildman–Crippen MR) is 88.8 cm³/mol. The highest BCUT2D eigenvalue weighted by Gasteiger charge is 2.27. The van der Waals surface area contributed by atoms with E-state index in [1.165, 1.54) is 0 Å². The maximum absolute atomic E-state index is 11.2. The molecule has 2 atom stereocenters. The monoisotopic (exact) mass is 407 g/mol. The number of amides is 1. The molecular formula is C15H22INO4. The van der Waals surface area contributed by atoms with Gasteiger partial charge >= 0.3 is 6.09 Å². The molecule has 0 radical (unpaired) electrons. The van der Waals surface area contributed by atoms with Gasteiger partial charge in [-0.25, -0.2) is 4.79 Å². The van der Waals surface area contributed by atoms with Crippen molar-refractivity contribution in [3.05, 3.63) is 33.4 Å². The maximum Gasteiger partial charge on any atom is 0.404 e. The lowest BCUT2D eigenvalue weighted by Crippen LogP contribution is -2.30. The minimum absolute atomic E-state index is 0.126. The zero-order chi connectivity index (χ0) is 15.7. The molecule has 1 aromatic carbocycles. The van der Waals surface area contributed by atoms with E-state index in [0.717, 1.165) is 22.0 Å². The van der Waals surface area contributed by atoms with Crippen LogP contribution in [0.3, 0.4) is 0 Å². The number of benzene rings is 1. The fourth-order valence-corrected chi connectivity index (χ4v) is 2.64. The van der Waals surface area contributed by atoms with E-state index in [4.69, 9.17) is 19.9 Å². The van der Waals surface area contributed by atoms with Crippen LogP contribution in [0.4, 0.5) is 4.79 Å². The molecule has 1 rings (SSSR count). The van der Waals surface area contributed by atoms with Gasteiger partial charge in [0.05, 0.1) is 0 Å². The molecule has 0 aliphatic carbocycles. The lowest BCUT2D eigenvalue weighted by atomic mass is 10.00. The summed E-state index contributed by atoms with van der Waals surface area (Å²) in [4.78, 5) is 11.2. The summed E-state index contributed by atoms with van der Waals surface area (Å²) in [7, 11) is 1.56. The second kappa shape index (κ2) is 9.97. The highest BCUT2D eigenvalue weighted by atomic mass is 127. The van der Waals surface area contributed by atoms with Crippen LogP contribution < -0.4 is 5.73 Å². The summed E-state index contributed by atoms with van der Waals surface area (Å²) in [6, 6.07) is 7.89. The average molecular weight is 407 g/mol. The standard InChI is InChI=1S/C15H22INO4/c1-3-4-8-13(21-15(17)18)14(20-10-19-2)11-6-5-7-12(16)9-11/h5-7,9,13-14H,3-4,8,10H2,1-2H3,(H2,17,18)/t13?,14-/m1/s1. The SMILES string of the molecule is CCCCC(OC(N)=O)[C@H](OCOC)c1cccc(I)c1. The Labute approximate surface area is 139 Å². The van der Waals surface area contributed by atoms with E-state index in [9.17, 15) is 4.79 Å². The van der Waals surface area contributed by atoms with Gasteiger partial charge in [0.1, 0.15) is 19.0 Å². The molecule has 0 aliphatic rings. The third-order valence-electron chi connectivity index (χ3n) is 2.99. The zero-order valence-electron chi connectivity index (χ0n) is 12.4. The number of nitrogens with two attached hydrogens (primary N) is 1. The van der Waals surface area contributed by atoms with Crippen molar-refractivity contribution in [1.29, 1.82) is 0 Å². The van der Waals surface area contributed by atoms with Crippen LogP contribution >= 0.6 is 22.6 Å². The van der Waals surface area contributed by atoms with Crippen LogP contribution in [0.25, 0.3) is 0 Å². The molecule has 118 valence electrons. The van der Waals surface area contributed by atoms with Crippen molar-refractivity contribution in [2.75, 3.05) is 13.9 Å². The predicted octanol–water partition coefficient (Wildman–Crippen LogP) is 3.61. The van der Waals surface area contributed by atoms with E-state index in [2.05, 4.69) is 29.5 Å². The molecule has 1 unspecified atom stereocenters. The quantitative estimate of drug-likeness (QED) is 0.502. The van der Waals surface area contributed by atoms with E-state index in [1.54, 1.807) is 7.11 Å². The summed E-state index contributed by atoms with van der Waals surface area (Å²) in [5.74, 6) is 0.